The Kier molecular flexibility index (Phi) is 1.65. The number of benzene rings is 1. The molecule has 2 rings (SSSR count). The third kappa shape index (κ3) is 0.879. The normalized spacial score (nSPS) is 10.9. The maximum atomic E-state index is 4.46. The van der Waals surface area contributed by atoms with E-state index in [1.165, 1.54) is 16.6 Å². The van der Waals surface area contributed by atoms with Crippen molar-refractivity contribution in [2.75, 3.05) is 0 Å². The van der Waals surface area contributed by atoms with Gasteiger partial charge in [0.25, 0.3) is 0 Å². The molecule has 1 nitrogen and oxygen atoms in total. The van der Waals surface area contributed by atoms with Crippen molar-refractivity contribution >= 4 is 23.5 Å². The monoisotopic (exact) mass is 177 g/mol. The Bertz CT molecular complexity index is 390. The second kappa shape index (κ2) is 2.56. The van der Waals surface area contributed by atoms with E-state index in [1.807, 2.05) is 6.07 Å². The lowest BCUT2D eigenvalue weighted by Gasteiger charge is -1.96. The predicted molar refractivity (Wildman–Crippen MR) is 54.9 cm³/mol. The van der Waals surface area contributed by atoms with Gasteiger partial charge in [-0.2, -0.15) is 0 Å². The molecule has 1 aromatic carbocycles. The summed E-state index contributed by atoms with van der Waals surface area (Å²) < 4.78 is 2.16. The average molecular weight is 177 g/mol. The molecule has 1 heterocycles. The molecule has 2 aromatic rings. The minimum atomic E-state index is 1.09. The van der Waals surface area contributed by atoms with Gasteiger partial charge >= 0.3 is 0 Å². The van der Waals surface area contributed by atoms with Crippen LogP contribution >= 0.6 is 12.6 Å². The van der Waals surface area contributed by atoms with Crippen molar-refractivity contribution < 1.29 is 0 Å². The second-order valence-corrected chi connectivity index (χ2v) is 3.46. The maximum absolute atomic E-state index is 4.46. The fraction of sp³-hybridized carbons (Fsp3) is 0.200. The van der Waals surface area contributed by atoms with Gasteiger partial charge in [0.2, 0.25) is 0 Å². The first-order chi connectivity index (χ1) is 5.72. The van der Waals surface area contributed by atoms with Gasteiger partial charge in [-0.3, -0.25) is 0 Å². The Balaban J connectivity index is 2.99. The zero-order chi connectivity index (χ0) is 8.72. The molecule has 12 heavy (non-hydrogen) atoms. The molecule has 0 radical (unpaired) electrons. The summed E-state index contributed by atoms with van der Waals surface area (Å²) >= 11 is 4.46. The van der Waals surface area contributed by atoms with E-state index in [4.69, 9.17) is 0 Å². The third-order valence-electron chi connectivity index (χ3n) is 2.37. The number of nitrogens with zero attached hydrogens (tertiary/aromatic N) is 1. The number of hydrogen-bond donors (Lipinski definition) is 1. The van der Waals surface area contributed by atoms with E-state index in [0.29, 0.717) is 0 Å². The van der Waals surface area contributed by atoms with Crippen LogP contribution in [0.3, 0.4) is 0 Å². The summed E-state index contributed by atoms with van der Waals surface area (Å²) in [6, 6.07) is 8.31. The zero-order valence-corrected chi connectivity index (χ0v) is 8.10. The lowest BCUT2D eigenvalue weighted by molar-refractivity contribution is 0.901. The van der Waals surface area contributed by atoms with E-state index in [0.717, 1.165) is 4.90 Å². The first-order valence-corrected chi connectivity index (χ1v) is 4.39. The van der Waals surface area contributed by atoms with E-state index in [2.05, 4.69) is 49.4 Å². The third-order valence-corrected chi connectivity index (χ3v) is 2.93. The van der Waals surface area contributed by atoms with Crippen LogP contribution in [0.5, 0.6) is 0 Å². The van der Waals surface area contributed by atoms with Crippen molar-refractivity contribution in [1.82, 2.24) is 4.57 Å². The van der Waals surface area contributed by atoms with Gasteiger partial charge in [-0.15, -0.1) is 12.6 Å². The van der Waals surface area contributed by atoms with Crippen LogP contribution in [0, 0.1) is 6.92 Å². The van der Waals surface area contributed by atoms with Crippen molar-refractivity contribution in [3.8, 4) is 0 Å². The zero-order valence-electron chi connectivity index (χ0n) is 7.20. The first-order valence-electron chi connectivity index (χ1n) is 3.95. The van der Waals surface area contributed by atoms with Crippen molar-refractivity contribution in [2.24, 2.45) is 7.05 Å². The Hall–Kier alpha value is -0.890. The van der Waals surface area contributed by atoms with Gasteiger partial charge in [-0.1, -0.05) is 18.2 Å². The van der Waals surface area contributed by atoms with Crippen LogP contribution in [0.2, 0.25) is 0 Å². The highest BCUT2D eigenvalue weighted by atomic mass is 32.1. The van der Waals surface area contributed by atoms with E-state index in [9.17, 15) is 0 Å². The highest BCUT2D eigenvalue weighted by molar-refractivity contribution is 7.80. The molecule has 62 valence electrons. The highest BCUT2D eigenvalue weighted by Gasteiger charge is 2.06. The Labute approximate surface area is 77.4 Å². The summed E-state index contributed by atoms with van der Waals surface area (Å²) in [5, 5.41) is 1.24. The Morgan fingerprint density at radius 2 is 1.92 bits per heavy atom. The molecule has 0 saturated heterocycles. The molecule has 0 saturated carbocycles. The fourth-order valence-corrected chi connectivity index (χ4v) is 1.84. The number of aryl methyl sites for hydroxylation is 1. The molecule has 0 fully saturated rings. The van der Waals surface area contributed by atoms with Gasteiger partial charge in [0.15, 0.2) is 0 Å². The number of aromatic nitrogens is 1. The molecule has 2 heteroatoms. The second-order valence-electron chi connectivity index (χ2n) is 3.01. The molecule has 0 N–H and O–H groups in total. The number of rotatable bonds is 0. The van der Waals surface area contributed by atoms with Crippen molar-refractivity contribution in [2.45, 2.75) is 11.8 Å². The van der Waals surface area contributed by atoms with Crippen LogP contribution in [0.25, 0.3) is 10.9 Å². The van der Waals surface area contributed by atoms with E-state index >= 15 is 0 Å². The summed E-state index contributed by atoms with van der Waals surface area (Å²) in [6.07, 6.45) is 0. The fourth-order valence-electron chi connectivity index (χ4n) is 1.50. The van der Waals surface area contributed by atoms with Crippen LogP contribution in [0.4, 0.5) is 0 Å². The molecule has 0 bridgehead atoms. The first kappa shape index (κ1) is 7.74. The smallest absolute Gasteiger partial charge is 0.0491 e. The molecule has 0 aliphatic heterocycles. The van der Waals surface area contributed by atoms with Gasteiger partial charge in [0.1, 0.15) is 0 Å². The molecular formula is C10H11NS. The van der Waals surface area contributed by atoms with Gasteiger partial charge in [-0.05, 0) is 13.0 Å². The molecule has 0 aliphatic rings. The lowest BCUT2D eigenvalue weighted by atomic mass is 10.2. The van der Waals surface area contributed by atoms with Gasteiger partial charge in [0, 0.05) is 28.5 Å². The topological polar surface area (TPSA) is 4.93 Å². The quantitative estimate of drug-likeness (QED) is 0.590. The molecule has 0 aliphatic carbocycles. The van der Waals surface area contributed by atoms with Crippen LogP contribution in [-0.2, 0) is 7.05 Å². The summed E-state index contributed by atoms with van der Waals surface area (Å²) in [6.45, 7) is 2.09. The Morgan fingerprint density at radius 3 is 2.58 bits per heavy atom. The summed E-state index contributed by atoms with van der Waals surface area (Å²) in [5.74, 6) is 0. The average Bonchev–Trinajstić information content (AvgIpc) is 2.33. The summed E-state index contributed by atoms with van der Waals surface area (Å²) in [7, 11) is 2.07. The predicted octanol–water partition coefficient (Wildman–Crippen LogP) is 2.78. The lowest BCUT2D eigenvalue weighted by Crippen LogP contribution is -1.88. The maximum Gasteiger partial charge on any atom is 0.0491 e. The highest BCUT2D eigenvalue weighted by Crippen LogP contribution is 2.26. The van der Waals surface area contributed by atoms with E-state index in [-0.39, 0.29) is 0 Å². The number of fused-ring (bicyclic) bond motifs is 1. The van der Waals surface area contributed by atoms with E-state index < -0.39 is 0 Å². The van der Waals surface area contributed by atoms with Gasteiger partial charge in [-0.25, -0.2) is 0 Å². The molecule has 1 aromatic heterocycles. The van der Waals surface area contributed by atoms with Crippen molar-refractivity contribution in [3.05, 3.63) is 30.0 Å². The molecular weight excluding hydrogens is 166 g/mol. The standard InChI is InChI=1S/C10H11NS/c1-7-10(12)8-5-3-4-6-9(8)11(7)2/h3-6,12H,1-2H3. The van der Waals surface area contributed by atoms with Gasteiger partial charge < -0.3 is 4.57 Å². The summed E-state index contributed by atoms with van der Waals surface area (Å²) in [5.41, 5.74) is 2.47. The van der Waals surface area contributed by atoms with E-state index in [1.54, 1.807) is 0 Å². The van der Waals surface area contributed by atoms with Crippen molar-refractivity contribution in [3.63, 3.8) is 0 Å². The molecule has 0 unspecified atom stereocenters. The molecule has 0 amide bonds. The number of para-hydroxylation sites is 1. The minimum Gasteiger partial charge on any atom is -0.347 e. The largest absolute Gasteiger partial charge is 0.347 e. The minimum absolute atomic E-state index is 1.09. The number of thiol groups is 1. The van der Waals surface area contributed by atoms with Crippen LogP contribution in [-0.4, -0.2) is 4.57 Å². The molecule has 0 atom stereocenters. The summed E-state index contributed by atoms with van der Waals surface area (Å²) in [4.78, 5) is 1.09. The molecule has 0 spiro atoms. The Morgan fingerprint density at radius 1 is 1.25 bits per heavy atom. The number of hydrogen-bond acceptors (Lipinski definition) is 1. The van der Waals surface area contributed by atoms with Crippen LogP contribution in [0.1, 0.15) is 5.69 Å². The van der Waals surface area contributed by atoms with Crippen LogP contribution in [0.15, 0.2) is 29.2 Å². The van der Waals surface area contributed by atoms with Crippen molar-refractivity contribution in [1.29, 1.82) is 0 Å². The van der Waals surface area contributed by atoms with Gasteiger partial charge in [0.05, 0.1) is 0 Å². The SMILES string of the molecule is Cc1c(S)c2ccccc2n1C. The van der Waals surface area contributed by atoms with Crippen LogP contribution < -0.4 is 0 Å².